The number of piperazine rings is 1. The third kappa shape index (κ3) is 4.12. The normalized spacial score (nSPS) is 22.0. The lowest BCUT2D eigenvalue weighted by atomic mass is 9.83. The molecule has 1 fully saturated rings. The summed E-state index contributed by atoms with van der Waals surface area (Å²) < 4.78 is 0. The Hall–Kier alpha value is -1.39. The Balaban J connectivity index is 1.48. The smallest absolute Gasteiger partial charge is 0.226 e. The van der Waals surface area contributed by atoms with Gasteiger partial charge in [0.05, 0.1) is 0 Å². The van der Waals surface area contributed by atoms with Crippen molar-refractivity contribution in [2.75, 3.05) is 39.3 Å². The number of unbranched alkanes of at least 4 members (excludes halogenated alkanes) is 1. The van der Waals surface area contributed by atoms with Crippen LogP contribution in [0.4, 0.5) is 0 Å². The third-order valence-corrected chi connectivity index (χ3v) is 5.26. The van der Waals surface area contributed by atoms with Crippen LogP contribution in [0.3, 0.4) is 0 Å². The molecule has 0 bridgehead atoms. The Morgan fingerprint density at radius 3 is 2.57 bits per heavy atom. The summed E-state index contributed by atoms with van der Waals surface area (Å²) in [7, 11) is 0. The van der Waals surface area contributed by atoms with Crippen LogP contribution in [-0.2, 0) is 17.6 Å². The first-order valence-electron chi connectivity index (χ1n) is 8.96. The summed E-state index contributed by atoms with van der Waals surface area (Å²) in [5, 5.41) is 8.85. The molecule has 1 aliphatic carbocycles. The number of nitrogens with zero attached hydrogens (tertiary/aromatic N) is 2. The van der Waals surface area contributed by atoms with Crippen molar-refractivity contribution < 1.29 is 9.90 Å². The van der Waals surface area contributed by atoms with Crippen molar-refractivity contribution in [1.82, 2.24) is 9.80 Å². The van der Waals surface area contributed by atoms with Gasteiger partial charge in [0.25, 0.3) is 0 Å². The molecule has 0 aromatic heterocycles. The van der Waals surface area contributed by atoms with Crippen molar-refractivity contribution in [2.24, 2.45) is 5.92 Å². The molecule has 4 heteroatoms. The van der Waals surface area contributed by atoms with Gasteiger partial charge in [0, 0.05) is 38.7 Å². The quantitative estimate of drug-likeness (QED) is 0.841. The van der Waals surface area contributed by atoms with Gasteiger partial charge in [-0.05, 0) is 49.8 Å². The number of carbonyl (C=O) groups is 1. The lowest BCUT2D eigenvalue weighted by Gasteiger charge is -2.37. The fourth-order valence-electron chi connectivity index (χ4n) is 3.81. The maximum absolute atomic E-state index is 12.8. The predicted octanol–water partition coefficient (Wildman–Crippen LogP) is 1.71. The minimum Gasteiger partial charge on any atom is -0.396 e. The molecule has 126 valence electrons. The molecule has 1 N–H and O–H groups in total. The summed E-state index contributed by atoms with van der Waals surface area (Å²) in [6.07, 6.45) is 4.86. The van der Waals surface area contributed by atoms with Gasteiger partial charge >= 0.3 is 0 Å². The highest BCUT2D eigenvalue weighted by Gasteiger charge is 2.29. The number of fused-ring (bicyclic) bond motifs is 1. The third-order valence-electron chi connectivity index (χ3n) is 5.26. The van der Waals surface area contributed by atoms with Crippen LogP contribution in [0.25, 0.3) is 0 Å². The monoisotopic (exact) mass is 316 g/mol. The first kappa shape index (κ1) is 16.5. The predicted molar refractivity (Wildman–Crippen MR) is 91.3 cm³/mol. The fourth-order valence-corrected chi connectivity index (χ4v) is 3.81. The lowest BCUT2D eigenvalue weighted by Crippen LogP contribution is -2.51. The van der Waals surface area contributed by atoms with E-state index >= 15 is 0 Å². The van der Waals surface area contributed by atoms with Crippen molar-refractivity contribution in [3.63, 3.8) is 0 Å². The summed E-state index contributed by atoms with van der Waals surface area (Å²) in [6.45, 7) is 4.98. The van der Waals surface area contributed by atoms with Crippen molar-refractivity contribution in [1.29, 1.82) is 0 Å². The summed E-state index contributed by atoms with van der Waals surface area (Å²) >= 11 is 0. The van der Waals surface area contributed by atoms with Crippen LogP contribution in [0.1, 0.15) is 30.4 Å². The Kier molecular flexibility index (Phi) is 5.68. The molecule has 3 rings (SSSR count). The molecule has 2 aliphatic rings. The van der Waals surface area contributed by atoms with Crippen molar-refractivity contribution in [2.45, 2.75) is 32.1 Å². The van der Waals surface area contributed by atoms with E-state index in [1.165, 1.54) is 11.1 Å². The Morgan fingerprint density at radius 1 is 1.09 bits per heavy atom. The molecule has 1 aromatic rings. The topological polar surface area (TPSA) is 43.8 Å². The lowest BCUT2D eigenvalue weighted by molar-refractivity contribution is -0.137. The number of aliphatic hydroxyl groups excluding tert-OH is 1. The number of hydrogen-bond acceptors (Lipinski definition) is 3. The highest BCUT2D eigenvalue weighted by molar-refractivity contribution is 5.79. The summed E-state index contributed by atoms with van der Waals surface area (Å²) in [5.74, 6) is 0.528. The van der Waals surface area contributed by atoms with Crippen LogP contribution in [0.15, 0.2) is 24.3 Å². The SMILES string of the molecule is O=C([C@H]1CCc2ccccc2C1)N1CCN(CCCCO)CC1. The fraction of sp³-hybridized carbons (Fsp3) is 0.632. The molecule has 4 nitrogen and oxygen atoms in total. The molecule has 1 saturated heterocycles. The minimum absolute atomic E-state index is 0.172. The van der Waals surface area contributed by atoms with Gasteiger partial charge in [0.2, 0.25) is 5.91 Å². The van der Waals surface area contributed by atoms with Gasteiger partial charge in [0.1, 0.15) is 0 Å². The minimum atomic E-state index is 0.172. The Labute approximate surface area is 139 Å². The Bertz CT molecular complexity index is 524. The van der Waals surface area contributed by atoms with Crippen molar-refractivity contribution in [3.8, 4) is 0 Å². The van der Waals surface area contributed by atoms with E-state index in [9.17, 15) is 4.79 Å². The second-order valence-electron chi connectivity index (χ2n) is 6.81. The Morgan fingerprint density at radius 2 is 1.83 bits per heavy atom. The van der Waals surface area contributed by atoms with E-state index < -0.39 is 0 Å². The zero-order valence-electron chi connectivity index (χ0n) is 13.9. The van der Waals surface area contributed by atoms with Gasteiger partial charge in [-0.2, -0.15) is 0 Å². The van der Waals surface area contributed by atoms with Crippen LogP contribution in [0.5, 0.6) is 0 Å². The number of amides is 1. The van der Waals surface area contributed by atoms with Gasteiger partial charge in [-0.15, -0.1) is 0 Å². The van der Waals surface area contributed by atoms with E-state index in [4.69, 9.17) is 5.11 Å². The summed E-state index contributed by atoms with van der Waals surface area (Å²) in [4.78, 5) is 17.3. The molecule has 0 unspecified atom stereocenters. The largest absolute Gasteiger partial charge is 0.396 e. The number of rotatable bonds is 5. The number of carbonyl (C=O) groups excluding carboxylic acids is 1. The van der Waals surface area contributed by atoms with E-state index in [1.54, 1.807) is 0 Å². The molecule has 0 radical (unpaired) electrons. The molecule has 1 amide bonds. The van der Waals surface area contributed by atoms with E-state index in [2.05, 4.69) is 34.1 Å². The van der Waals surface area contributed by atoms with Crippen molar-refractivity contribution >= 4 is 5.91 Å². The molecule has 1 aliphatic heterocycles. The van der Waals surface area contributed by atoms with E-state index in [1.807, 2.05) is 0 Å². The molecular formula is C19H28N2O2. The molecule has 1 heterocycles. The molecule has 23 heavy (non-hydrogen) atoms. The number of aliphatic hydroxyl groups is 1. The number of aryl methyl sites for hydroxylation is 1. The van der Waals surface area contributed by atoms with Crippen LogP contribution < -0.4 is 0 Å². The van der Waals surface area contributed by atoms with Gasteiger partial charge in [-0.25, -0.2) is 0 Å². The summed E-state index contributed by atoms with van der Waals surface area (Å²) in [6, 6.07) is 8.54. The van der Waals surface area contributed by atoms with Crippen LogP contribution in [-0.4, -0.2) is 60.1 Å². The van der Waals surface area contributed by atoms with Crippen molar-refractivity contribution in [3.05, 3.63) is 35.4 Å². The average Bonchev–Trinajstić information content (AvgIpc) is 2.61. The maximum Gasteiger partial charge on any atom is 0.226 e. The molecular weight excluding hydrogens is 288 g/mol. The van der Waals surface area contributed by atoms with Gasteiger partial charge < -0.3 is 10.0 Å². The molecule has 0 spiro atoms. The molecule has 1 atom stereocenters. The highest BCUT2D eigenvalue weighted by Crippen LogP contribution is 2.27. The number of benzene rings is 1. The molecule has 0 saturated carbocycles. The van der Waals surface area contributed by atoms with Gasteiger partial charge in [0.15, 0.2) is 0 Å². The average molecular weight is 316 g/mol. The zero-order valence-corrected chi connectivity index (χ0v) is 13.9. The first-order valence-corrected chi connectivity index (χ1v) is 8.96. The van der Waals surface area contributed by atoms with Crippen LogP contribution in [0.2, 0.25) is 0 Å². The van der Waals surface area contributed by atoms with E-state index in [0.717, 1.165) is 64.8 Å². The van der Waals surface area contributed by atoms with Crippen LogP contribution >= 0.6 is 0 Å². The van der Waals surface area contributed by atoms with Crippen LogP contribution in [0, 0.1) is 5.92 Å². The standard InChI is InChI=1S/C19H28N2O2/c22-14-4-3-9-20-10-12-21(13-11-20)19(23)18-8-7-16-5-1-2-6-17(16)15-18/h1-2,5-6,18,22H,3-4,7-15H2/t18-/m0/s1. The van der Waals surface area contributed by atoms with E-state index in [0.29, 0.717) is 5.91 Å². The molecule has 1 aromatic carbocycles. The zero-order chi connectivity index (χ0) is 16.1. The van der Waals surface area contributed by atoms with Gasteiger partial charge in [-0.1, -0.05) is 24.3 Å². The summed E-state index contributed by atoms with van der Waals surface area (Å²) in [5.41, 5.74) is 2.78. The second-order valence-corrected chi connectivity index (χ2v) is 6.81. The maximum atomic E-state index is 12.8. The second kappa shape index (κ2) is 7.93. The van der Waals surface area contributed by atoms with E-state index in [-0.39, 0.29) is 12.5 Å². The van der Waals surface area contributed by atoms with Gasteiger partial charge in [-0.3, -0.25) is 9.69 Å². The first-order chi connectivity index (χ1) is 11.3. The number of hydrogen-bond donors (Lipinski definition) is 1. The highest BCUT2D eigenvalue weighted by atomic mass is 16.2.